The highest BCUT2D eigenvalue weighted by Crippen LogP contribution is 2.22. The van der Waals surface area contributed by atoms with Crippen LogP contribution in [0.15, 0.2) is 55.0 Å². The van der Waals surface area contributed by atoms with Crippen LogP contribution in [0.2, 0.25) is 5.02 Å². The zero-order valence-corrected chi connectivity index (χ0v) is 12.7. The van der Waals surface area contributed by atoms with E-state index in [2.05, 4.69) is 15.3 Å². The van der Waals surface area contributed by atoms with Crippen LogP contribution >= 0.6 is 11.6 Å². The summed E-state index contributed by atoms with van der Waals surface area (Å²) in [6.07, 6.45) is 4.55. The van der Waals surface area contributed by atoms with Gasteiger partial charge < -0.3 is 10.4 Å². The molecule has 1 atom stereocenters. The van der Waals surface area contributed by atoms with E-state index in [0.717, 1.165) is 22.0 Å². The van der Waals surface area contributed by atoms with E-state index < -0.39 is 6.10 Å². The van der Waals surface area contributed by atoms with Gasteiger partial charge in [-0.3, -0.25) is 9.97 Å². The number of aromatic nitrogens is 2. The summed E-state index contributed by atoms with van der Waals surface area (Å²) in [5.74, 6) is 0. The van der Waals surface area contributed by atoms with E-state index in [9.17, 15) is 5.11 Å². The second-order valence-electron chi connectivity index (χ2n) is 5.07. The summed E-state index contributed by atoms with van der Waals surface area (Å²) in [7, 11) is 0. The van der Waals surface area contributed by atoms with Crippen LogP contribution in [0.25, 0.3) is 10.9 Å². The maximum absolute atomic E-state index is 10.1. The van der Waals surface area contributed by atoms with Gasteiger partial charge in [0.15, 0.2) is 0 Å². The SMILES string of the molecule is OC(CNCc1cc(Cl)cc2cccnc12)c1ccncc1. The molecule has 1 unspecified atom stereocenters. The van der Waals surface area contributed by atoms with Gasteiger partial charge in [-0.05, 0) is 41.5 Å². The van der Waals surface area contributed by atoms with Gasteiger partial charge in [-0.2, -0.15) is 0 Å². The van der Waals surface area contributed by atoms with Crippen molar-refractivity contribution in [2.75, 3.05) is 6.54 Å². The highest BCUT2D eigenvalue weighted by atomic mass is 35.5. The Morgan fingerprint density at radius 3 is 2.77 bits per heavy atom. The minimum Gasteiger partial charge on any atom is -0.387 e. The molecule has 1 aromatic carbocycles. The monoisotopic (exact) mass is 313 g/mol. The Bertz CT molecular complexity index is 764. The lowest BCUT2D eigenvalue weighted by Gasteiger charge is -2.13. The molecular formula is C17H16ClN3O. The molecule has 0 bridgehead atoms. The van der Waals surface area contributed by atoms with Crippen molar-refractivity contribution in [3.63, 3.8) is 0 Å². The molecule has 3 rings (SSSR count). The average molecular weight is 314 g/mol. The molecule has 0 amide bonds. The minimum atomic E-state index is -0.568. The first-order valence-corrected chi connectivity index (χ1v) is 7.43. The van der Waals surface area contributed by atoms with Gasteiger partial charge in [0.2, 0.25) is 0 Å². The van der Waals surface area contributed by atoms with Gasteiger partial charge in [0.1, 0.15) is 0 Å². The second kappa shape index (κ2) is 6.83. The molecule has 0 radical (unpaired) electrons. The molecule has 112 valence electrons. The molecule has 3 aromatic rings. The molecule has 2 aromatic heterocycles. The molecule has 5 heteroatoms. The Labute approximate surface area is 133 Å². The van der Waals surface area contributed by atoms with Crippen LogP contribution in [-0.2, 0) is 6.54 Å². The van der Waals surface area contributed by atoms with E-state index in [4.69, 9.17) is 11.6 Å². The first kappa shape index (κ1) is 14.9. The Balaban J connectivity index is 1.69. The van der Waals surface area contributed by atoms with Crippen molar-refractivity contribution in [2.24, 2.45) is 0 Å². The smallest absolute Gasteiger partial charge is 0.0915 e. The first-order chi connectivity index (χ1) is 10.7. The Morgan fingerprint density at radius 1 is 1.14 bits per heavy atom. The fraction of sp³-hybridized carbons (Fsp3) is 0.176. The predicted molar refractivity (Wildman–Crippen MR) is 87.7 cm³/mol. The van der Waals surface area contributed by atoms with E-state index in [1.54, 1.807) is 18.6 Å². The summed E-state index contributed by atoms with van der Waals surface area (Å²) in [6.45, 7) is 1.04. The van der Waals surface area contributed by atoms with Crippen molar-refractivity contribution in [3.05, 3.63) is 71.1 Å². The molecule has 0 saturated carbocycles. The molecule has 2 heterocycles. The van der Waals surface area contributed by atoms with Crippen LogP contribution in [0.5, 0.6) is 0 Å². The van der Waals surface area contributed by atoms with Gasteiger partial charge in [0.25, 0.3) is 0 Å². The number of fused-ring (bicyclic) bond motifs is 1. The number of hydrogen-bond acceptors (Lipinski definition) is 4. The number of pyridine rings is 2. The van der Waals surface area contributed by atoms with Crippen molar-refractivity contribution >= 4 is 22.5 Å². The van der Waals surface area contributed by atoms with E-state index in [-0.39, 0.29) is 0 Å². The third-order valence-corrected chi connectivity index (χ3v) is 3.71. The van der Waals surface area contributed by atoms with Gasteiger partial charge in [-0.1, -0.05) is 17.7 Å². The summed E-state index contributed by atoms with van der Waals surface area (Å²) in [5, 5.41) is 15.1. The fourth-order valence-corrected chi connectivity index (χ4v) is 2.66. The number of aliphatic hydroxyl groups is 1. The molecule has 22 heavy (non-hydrogen) atoms. The molecule has 2 N–H and O–H groups in total. The fourth-order valence-electron chi connectivity index (χ4n) is 2.41. The van der Waals surface area contributed by atoms with E-state index in [0.29, 0.717) is 18.1 Å². The van der Waals surface area contributed by atoms with Gasteiger partial charge in [-0.25, -0.2) is 0 Å². The number of aliphatic hydroxyl groups excluding tert-OH is 1. The molecule has 0 aliphatic rings. The largest absolute Gasteiger partial charge is 0.387 e. The Morgan fingerprint density at radius 2 is 1.95 bits per heavy atom. The number of benzene rings is 1. The molecule has 0 aliphatic carbocycles. The summed E-state index contributed by atoms with van der Waals surface area (Å²) in [6, 6.07) is 11.3. The lowest BCUT2D eigenvalue weighted by molar-refractivity contribution is 0.174. The molecule has 0 aliphatic heterocycles. The van der Waals surface area contributed by atoms with Crippen LogP contribution in [0.1, 0.15) is 17.2 Å². The third-order valence-electron chi connectivity index (χ3n) is 3.49. The van der Waals surface area contributed by atoms with Gasteiger partial charge in [0.05, 0.1) is 11.6 Å². The highest BCUT2D eigenvalue weighted by molar-refractivity contribution is 6.31. The number of nitrogens with zero attached hydrogens (tertiary/aromatic N) is 2. The average Bonchev–Trinajstić information content (AvgIpc) is 2.55. The lowest BCUT2D eigenvalue weighted by atomic mass is 10.1. The van der Waals surface area contributed by atoms with Crippen molar-refractivity contribution in [1.82, 2.24) is 15.3 Å². The zero-order chi connectivity index (χ0) is 15.4. The van der Waals surface area contributed by atoms with Crippen molar-refractivity contribution < 1.29 is 5.11 Å². The van der Waals surface area contributed by atoms with Crippen LogP contribution in [0.3, 0.4) is 0 Å². The van der Waals surface area contributed by atoms with Crippen LogP contribution in [0.4, 0.5) is 0 Å². The molecule has 0 saturated heterocycles. The maximum Gasteiger partial charge on any atom is 0.0915 e. The third kappa shape index (κ3) is 3.42. The van der Waals surface area contributed by atoms with E-state index in [1.165, 1.54) is 0 Å². The standard InChI is InChI=1S/C17H16ClN3O/c18-15-8-13-2-1-5-21-17(13)14(9-15)10-20-11-16(22)12-3-6-19-7-4-12/h1-9,16,20,22H,10-11H2. The molecule has 4 nitrogen and oxygen atoms in total. The zero-order valence-electron chi connectivity index (χ0n) is 11.9. The van der Waals surface area contributed by atoms with Crippen molar-refractivity contribution in [3.8, 4) is 0 Å². The first-order valence-electron chi connectivity index (χ1n) is 7.06. The summed E-state index contributed by atoms with van der Waals surface area (Å²) in [4.78, 5) is 8.35. The highest BCUT2D eigenvalue weighted by Gasteiger charge is 2.08. The number of rotatable bonds is 5. The topological polar surface area (TPSA) is 58.0 Å². The Hall–Kier alpha value is -2.01. The molecule has 0 fully saturated rings. The van der Waals surface area contributed by atoms with Crippen LogP contribution < -0.4 is 5.32 Å². The van der Waals surface area contributed by atoms with Crippen LogP contribution in [0, 0.1) is 0 Å². The predicted octanol–water partition coefficient (Wildman–Crippen LogP) is 3.11. The lowest BCUT2D eigenvalue weighted by Crippen LogP contribution is -2.21. The molecule has 0 spiro atoms. The van der Waals surface area contributed by atoms with Gasteiger partial charge in [-0.15, -0.1) is 0 Å². The molecular weight excluding hydrogens is 298 g/mol. The van der Waals surface area contributed by atoms with Gasteiger partial charge in [0, 0.05) is 42.1 Å². The summed E-state index contributed by atoms with van der Waals surface area (Å²) < 4.78 is 0. The number of nitrogens with one attached hydrogen (secondary N) is 1. The number of halogens is 1. The maximum atomic E-state index is 10.1. The normalized spacial score (nSPS) is 12.5. The van der Waals surface area contributed by atoms with E-state index >= 15 is 0 Å². The van der Waals surface area contributed by atoms with E-state index in [1.807, 2.05) is 36.4 Å². The quantitative estimate of drug-likeness (QED) is 0.760. The summed E-state index contributed by atoms with van der Waals surface area (Å²) in [5.41, 5.74) is 2.79. The second-order valence-corrected chi connectivity index (χ2v) is 5.50. The van der Waals surface area contributed by atoms with Crippen molar-refractivity contribution in [1.29, 1.82) is 0 Å². The Kier molecular flexibility index (Phi) is 4.63. The van der Waals surface area contributed by atoms with Crippen LogP contribution in [-0.4, -0.2) is 21.6 Å². The summed E-state index contributed by atoms with van der Waals surface area (Å²) >= 11 is 6.15. The minimum absolute atomic E-state index is 0.449. The number of hydrogen-bond donors (Lipinski definition) is 2. The van der Waals surface area contributed by atoms with Crippen molar-refractivity contribution in [2.45, 2.75) is 12.6 Å². The van der Waals surface area contributed by atoms with Gasteiger partial charge >= 0.3 is 0 Å².